The van der Waals surface area contributed by atoms with E-state index in [-0.39, 0.29) is 5.91 Å². The van der Waals surface area contributed by atoms with Crippen molar-refractivity contribution >= 4 is 5.91 Å². The average Bonchev–Trinajstić information content (AvgIpc) is 2.17. The van der Waals surface area contributed by atoms with Crippen LogP contribution in [0.15, 0.2) is 24.3 Å². The van der Waals surface area contributed by atoms with Crippen LogP contribution in [0.5, 0.6) is 0 Å². The molecule has 82 valence electrons. The second-order valence-electron chi connectivity index (χ2n) is 3.88. The number of hydrogen-bond donors (Lipinski definition) is 1. The topological polar surface area (TPSA) is 32.3 Å². The Balaban J connectivity index is 2.35. The number of nitrogens with zero attached hydrogens (tertiary/aromatic N) is 1. The molecule has 0 aliphatic heterocycles. The van der Waals surface area contributed by atoms with Crippen molar-refractivity contribution in [3.05, 3.63) is 35.4 Å². The summed E-state index contributed by atoms with van der Waals surface area (Å²) in [7, 11) is 3.52. The van der Waals surface area contributed by atoms with Gasteiger partial charge in [-0.1, -0.05) is 29.8 Å². The normalized spacial score (nSPS) is 10.1. The van der Waals surface area contributed by atoms with Crippen molar-refractivity contribution in [2.75, 3.05) is 20.6 Å². The molecule has 1 N–H and O–H groups in total. The van der Waals surface area contributed by atoms with Gasteiger partial charge in [0.05, 0.1) is 6.54 Å². The Morgan fingerprint density at radius 2 is 2.13 bits per heavy atom. The number of nitrogens with one attached hydrogen (secondary N) is 1. The molecule has 15 heavy (non-hydrogen) atoms. The molecule has 1 aromatic carbocycles. The highest BCUT2D eigenvalue weighted by molar-refractivity contribution is 5.77. The number of likely N-dealkylation sites (N-methyl/N-ethyl adjacent to an activating group) is 1. The SMILES string of the molecule is Cc1cccc(CNCC(=O)N(C)C)c1. The summed E-state index contributed by atoms with van der Waals surface area (Å²) in [4.78, 5) is 12.8. The molecule has 3 heteroatoms. The Labute approximate surface area is 91.1 Å². The van der Waals surface area contributed by atoms with Crippen LogP contribution in [0.1, 0.15) is 11.1 Å². The molecule has 0 saturated carbocycles. The lowest BCUT2D eigenvalue weighted by molar-refractivity contribution is -0.127. The molecule has 1 amide bonds. The van der Waals surface area contributed by atoms with Crippen LogP contribution in [0.4, 0.5) is 0 Å². The van der Waals surface area contributed by atoms with E-state index in [1.165, 1.54) is 11.1 Å². The summed E-state index contributed by atoms with van der Waals surface area (Å²) in [6, 6.07) is 8.27. The molecule has 0 bridgehead atoms. The summed E-state index contributed by atoms with van der Waals surface area (Å²) in [5.74, 6) is 0.0997. The van der Waals surface area contributed by atoms with Gasteiger partial charge in [0.15, 0.2) is 0 Å². The van der Waals surface area contributed by atoms with Crippen LogP contribution in [0.3, 0.4) is 0 Å². The van der Waals surface area contributed by atoms with Crippen molar-refractivity contribution in [2.24, 2.45) is 0 Å². The molecule has 0 aliphatic carbocycles. The van der Waals surface area contributed by atoms with Crippen molar-refractivity contribution in [3.8, 4) is 0 Å². The Kier molecular flexibility index (Phi) is 4.31. The smallest absolute Gasteiger partial charge is 0.236 e. The van der Waals surface area contributed by atoms with E-state index in [1.54, 1.807) is 19.0 Å². The second-order valence-corrected chi connectivity index (χ2v) is 3.88. The molecule has 0 heterocycles. The molecule has 0 spiro atoms. The summed E-state index contributed by atoms with van der Waals surface area (Å²) in [6.07, 6.45) is 0. The van der Waals surface area contributed by atoms with E-state index in [4.69, 9.17) is 0 Å². The third kappa shape index (κ3) is 4.13. The minimum absolute atomic E-state index is 0.0997. The van der Waals surface area contributed by atoms with Crippen molar-refractivity contribution in [2.45, 2.75) is 13.5 Å². The molecule has 0 fully saturated rings. The third-order valence-electron chi connectivity index (χ3n) is 2.19. The fraction of sp³-hybridized carbons (Fsp3) is 0.417. The van der Waals surface area contributed by atoms with E-state index in [2.05, 4.69) is 30.4 Å². The summed E-state index contributed by atoms with van der Waals surface area (Å²) >= 11 is 0. The minimum Gasteiger partial charge on any atom is -0.348 e. The number of benzene rings is 1. The van der Waals surface area contributed by atoms with E-state index in [0.29, 0.717) is 6.54 Å². The van der Waals surface area contributed by atoms with Gasteiger partial charge in [0, 0.05) is 20.6 Å². The van der Waals surface area contributed by atoms with E-state index in [1.807, 2.05) is 6.07 Å². The summed E-state index contributed by atoms with van der Waals surface area (Å²) in [5, 5.41) is 3.12. The van der Waals surface area contributed by atoms with Crippen LogP contribution < -0.4 is 5.32 Å². The first-order chi connectivity index (χ1) is 7.09. The molecule has 0 unspecified atom stereocenters. The number of hydrogen-bond acceptors (Lipinski definition) is 2. The maximum atomic E-state index is 11.3. The molecule has 3 nitrogen and oxygen atoms in total. The van der Waals surface area contributed by atoms with E-state index in [0.717, 1.165) is 6.54 Å². The summed E-state index contributed by atoms with van der Waals surface area (Å²) in [5.41, 5.74) is 2.45. The quantitative estimate of drug-likeness (QED) is 0.802. The molecule has 0 aromatic heterocycles. The fourth-order valence-corrected chi connectivity index (χ4v) is 1.29. The van der Waals surface area contributed by atoms with Gasteiger partial charge in [-0.15, -0.1) is 0 Å². The Bertz CT molecular complexity index is 334. The second kappa shape index (κ2) is 5.51. The standard InChI is InChI=1S/C12H18N2O/c1-10-5-4-6-11(7-10)8-13-9-12(15)14(2)3/h4-7,13H,8-9H2,1-3H3. The first kappa shape index (κ1) is 11.7. The maximum absolute atomic E-state index is 11.3. The van der Waals surface area contributed by atoms with Crippen molar-refractivity contribution in [1.29, 1.82) is 0 Å². The summed E-state index contributed by atoms with van der Waals surface area (Å²) in [6.45, 7) is 3.19. The van der Waals surface area contributed by atoms with Crippen molar-refractivity contribution < 1.29 is 4.79 Å². The van der Waals surface area contributed by atoms with Gasteiger partial charge in [-0.2, -0.15) is 0 Å². The highest BCUT2D eigenvalue weighted by Gasteiger charge is 2.02. The van der Waals surface area contributed by atoms with Gasteiger partial charge in [0.25, 0.3) is 0 Å². The van der Waals surface area contributed by atoms with Gasteiger partial charge in [0.2, 0.25) is 5.91 Å². The van der Waals surface area contributed by atoms with E-state index >= 15 is 0 Å². The highest BCUT2D eigenvalue weighted by atomic mass is 16.2. The lowest BCUT2D eigenvalue weighted by Crippen LogP contribution is -2.32. The molecular weight excluding hydrogens is 188 g/mol. The molecule has 0 atom stereocenters. The van der Waals surface area contributed by atoms with Gasteiger partial charge >= 0.3 is 0 Å². The number of carbonyl (C=O) groups excluding carboxylic acids is 1. The van der Waals surface area contributed by atoms with Gasteiger partial charge in [-0.3, -0.25) is 4.79 Å². The van der Waals surface area contributed by atoms with Crippen molar-refractivity contribution in [1.82, 2.24) is 10.2 Å². The average molecular weight is 206 g/mol. The van der Waals surface area contributed by atoms with Gasteiger partial charge in [-0.05, 0) is 12.5 Å². The predicted molar refractivity (Wildman–Crippen MR) is 61.6 cm³/mol. The minimum atomic E-state index is 0.0997. The van der Waals surface area contributed by atoms with Crippen LogP contribution in [0.2, 0.25) is 0 Å². The molecule has 0 saturated heterocycles. The van der Waals surface area contributed by atoms with Crippen LogP contribution in [0.25, 0.3) is 0 Å². The van der Waals surface area contributed by atoms with Gasteiger partial charge < -0.3 is 10.2 Å². The predicted octanol–water partition coefficient (Wildman–Crippen LogP) is 1.17. The third-order valence-corrected chi connectivity index (χ3v) is 2.19. The Hall–Kier alpha value is -1.35. The molecule has 1 aromatic rings. The first-order valence-electron chi connectivity index (χ1n) is 5.06. The number of rotatable bonds is 4. The van der Waals surface area contributed by atoms with Crippen molar-refractivity contribution in [3.63, 3.8) is 0 Å². The van der Waals surface area contributed by atoms with E-state index < -0.39 is 0 Å². The lowest BCUT2D eigenvalue weighted by atomic mass is 10.1. The molecule has 0 radical (unpaired) electrons. The Morgan fingerprint density at radius 1 is 1.40 bits per heavy atom. The number of carbonyl (C=O) groups is 1. The number of aryl methyl sites for hydroxylation is 1. The molecule has 0 aliphatic rings. The summed E-state index contributed by atoms with van der Waals surface area (Å²) < 4.78 is 0. The zero-order valence-corrected chi connectivity index (χ0v) is 9.58. The first-order valence-corrected chi connectivity index (χ1v) is 5.06. The zero-order chi connectivity index (χ0) is 11.3. The largest absolute Gasteiger partial charge is 0.348 e. The molecular formula is C12H18N2O. The van der Waals surface area contributed by atoms with Crippen LogP contribution >= 0.6 is 0 Å². The monoisotopic (exact) mass is 206 g/mol. The highest BCUT2D eigenvalue weighted by Crippen LogP contribution is 2.02. The fourth-order valence-electron chi connectivity index (χ4n) is 1.29. The maximum Gasteiger partial charge on any atom is 0.236 e. The van der Waals surface area contributed by atoms with Crippen LogP contribution in [-0.4, -0.2) is 31.4 Å². The number of amides is 1. The Morgan fingerprint density at radius 3 is 2.73 bits per heavy atom. The van der Waals surface area contributed by atoms with Crippen LogP contribution in [0, 0.1) is 6.92 Å². The zero-order valence-electron chi connectivity index (χ0n) is 9.58. The van der Waals surface area contributed by atoms with Gasteiger partial charge in [-0.25, -0.2) is 0 Å². The lowest BCUT2D eigenvalue weighted by Gasteiger charge is -2.11. The van der Waals surface area contributed by atoms with E-state index in [9.17, 15) is 4.79 Å². The van der Waals surface area contributed by atoms with Gasteiger partial charge in [0.1, 0.15) is 0 Å². The van der Waals surface area contributed by atoms with Crippen LogP contribution in [-0.2, 0) is 11.3 Å². The molecule has 1 rings (SSSR count).